The smallest absolute Gasteiger partial charge is 0.416 e. The van der Waals surface area contributed by atoms with Crippen molar-refractivity contribution in [3.63, 3.8) is 0 Å². The molecule has 7 nitrogen and oxygen atoms in total. The second-order valence-electron chi connectivity index (χ2n) is 8.46. The van der Waals surface area contributed by atoms with Crippen LogP contribution in [0, 0.1) is 0 Å². The summed E-state index contributed by atoms with van der Waals surface area (Å²) in [5, 5.41) is 0. The largest absolute Gasteiger partial charge is 0.449 e. The normalized spacial score (nSPS) is 18.2. The van der Waals surface area contributed by atoms with Gasteiger partial charge in [-0.3, -0.25) is 4.31 Å². The number of amides is 1. The number of sulfonamides is 1. The van der Waals surface area contributed by atoms with Crippen molar-refractivity contribution in [1.82, 2.24) is 4.90 Å². The number of fused-ring (bicyclic) bond motifs is 3. The first-order valence-electron chi connectivity index (χ1n) is 11.2. The SMILES string of the molecule is CCCCOC(=O)N1CCN2c3ccc(Br)cc3N(S(=O)(=O)c3cccc(C(F)(F)F)c3)C[C@H]2C1. The maximum absolute atomic E-state index is 13.6. The van der Waals surface area contributed by atoms with E-state index in [4.69, 9.17) is 4.74 Å². The van der Waals surface area contributed by atoms with Crippen LogP contribution in [0.15, 0.2) is 51.8 Å². The van der Waals surface area contributed by atoms with Crippen LogP contribution < -0.4 is 9.21 Å². The molecule has 2 aromatic rings. The maximum Gasteiger partial charge on any atom is 0.416 e. The summed E-state index contributed by atoms with van der Waals surface area (Å²) >= 11 is 3.37. The first-order valence-corrected chi connectivity index (χ1v) is 13.4. The third-order valence-corrected chi connectivity index (χ3v) is 8.37. The van der Waals surface area contributed by atoms with Crippen LogP contribution in [-0.2, 0) is 20.9 Å². The third-order valence-electron chi connectivity index (χ3n) is 6.11. The van der Waals surface area contributed by atoms with Gasteiger partial charge in [-0.1, -0.05) is 35.3 Å². The maximum atomic E-state index is 13.6. The van der Waals surface area contributed by atoms with E-state index in [1.54, 1.807) is 23.1 Å². The molecule has 12 heteroatoms. The summed E-state index contributed by atoms with van der Waals surface area (Å²) in [5.41, 5.74) is -0.0312. The number of anilines is 2. The molecule has 0 saturated carbocycles. The topological polar surface area (TPSA) is 70.2 Å². The zero-order chi connectivity index (χ0) is 25.4. The van der Waals surface area contributed by atoms with Gasteiger partial charge < -0.3 is 14.5 Å². The molecule has 2 aliphatic rings. The summed E-state index contributed by atoms with van der Waals surface area (Å²) in [6, 6.07) is 8.54. The fourth-order valence-electron chi connectivity index (χ4n) is 4.31. The Bertz CT molecular complexity index is 1210. The number of carbonyl (C=O) groups is 1. The second-order valence-corrected chi connectivity index (χ2v) is 11.2. The molecule has 0 unspecified atom stereocenters. The third kappa shape index (κ3) is 5.23. The number of hydrogen-bond acceptors (Lipinski definition) is 5. The summed E-state index contributed by atoms with van der Waals surface area (Å²) in [6.45, 7) is 3.39. The lowest BCUT2D eigenvalue weighted by Crippen LogP contribution is -2.61. The molecule has 1 amide bonds. The standard InChI is InChI=1S/C23H25BrF3N3O4S/c1-2-3-11-34-22(31)28-9-10-29-18(14-28)15-30(21-13-17(24)7-8-20(21)29)35(32,33)19-6-4-5-16(12-19)23(25,26)27/h4-8,12-13,18H,2-3,9-11,14-15H2,1H3/t18-/m1/s1. The van der Waals surface area contributed by atoms with Crippen molar-refractivity contribution in [3.05, 3.63) is 52.5 Å². The summed E-state index contributed by atoms with van der Waals surface area (Å²) < 4.78 is 74.2. The van der Waals surface area contributed by atoms with Crippen LogP contribution in [0.1, 0.15) is 25.3 Å². The van der Waals surface area contributed by atoms with Crippen LogP contribution in [0.5, 0.6) is 0 Å². The Kier molecular flexibility index (Phi) is 7.23. The first kappa shape index (κ1) is 25.6. The second kappa shape index (κ2) is 9.88. The zero-order valence-corrected chi connectivity index (χ0v) is 21.4. The van der Waals surface area contributed by atoms with Crippen LogP contribution in [0.4, 0.5) is 29.3 Å². The average Bonchev–Trinajstić information content (AvgIpc) is 2.82. The van der Waals surface area contributed by atoms with E-state index in [2.05, 4.69) is 15.9 Å². The Balaban J connectivity index is 1.68. The molecule has 0 spiro atoms. The molecule has 2 aromatic carbocycles. The Morgan fingerprint density at radius 3 is 2.60 bits per heavy atom. The van der Waals surface area contributed by atoms with Gasteiger partial charge in [0.1, 0.15) is 0 Å². The Morgan fingerprint density at radius 2 is 1.89 bits per heavy atom. The lowest BCUT2D eigenvalue weighted by Gasteiger charge is -2.48. The van der Waals surface area contributed by atoms with Crippen molar-refractivity contribution in [1.29, 1.82) is 0 Å². The molecule has 35 heavy (non-hydrogen) atoms. The highest BCUT2D eigenvalue weighted by molar-refractivity contribution is 9.10. The predicted molar refractivity (Wildman–Crippen MR) is 129 cm³/mol. The monoisotopic (exact) mass is 575 g/mol. The molecule has 0 N–H and O–H groups in total. The van der Waals surface area contributed by atoms with Crippen LogP contribution >= 0.6 is 15.9 Å². The van der Waals surface area contributed by atoms with E-state index in [1.807, 2.05) is 11.8 Å². The van der Waals surface area contributed by atoms with Gasteiger partial charge in [0.25, 0.3) is 10.0 Å². The van der Waals surface area contributed by atoms with Crippen LogP contribution in [0.2, 0.25) is 0 Å². The Labute approximate surface area is 210 Å². The van der Waals surface area contributed by atoms with Crippen molar-refractivity contribution < 1.29 is 31.1 Å². The molecule has 4 rings (SSSR count). The van der Waals surface area contributed by atoms with Crippen LogP contribution in [0.25, 0.3) is 0 Å². The van der Waals surface area contributed by atoms with Gasteiger partial charge in [0.2, 0.25) is 0 Å². The molecular formula is C23H25BrF3N3O4S. The molecule has 1 fully saturated rings. The molecule has 0 aliphatic carbocycles. The zero-order valence-electron chi connectivity index (χ0n) is 19.0. The highest BCUT2D eigenvalue weighted by atomic mass is 79.9. The number of nitrogens with zero attached hydrogens (tertiary/aromatic N) is 3. The molecule has 1 saturated heterocycles. The Hall–Kier alpha value is -2.47. The van der Waals surface area contributed by atoms with Gasteiger partial charge in [0, 0.05) is 24.1 Å². The number of hydrogen-bond donors (Lipinski definition) is 0. The summed E-state index contributed by atoms with van der Waals surface area (Å²) in [5.74, 6) is 0. The molecule has 1 atom stereocenters. The van der Waals surface area contributed by atoms with Crippen LogP contribution in [0.3, 0.4) is 0 Å². The number of halogens is 4. The number of piperazine rings is 1. The molecule has 190 valence electrons. The number of carbonyl (C=O) groups excluding carboxylic acids is 1. The molecular weight excluding hydrogens is 551 g/mol. The van der Waals surface area contributed by atoms with Gasteiger partial charge >= 0.3 is 12.3 Å². The molecule has 2 aliphatic heterocycles. The van der Waals surface area contributed by atoms with Gasteiger partial charge in [0.15, 0.2) is 0 Å². The van der Waals surface area contributed by atoms with E-state index in [1.165, 1.54) is 0 Å². The van der Waals surface area contributed by atoms with E-state index in [0.29, 0.717) is 41.6 Å². The van der Waals surface area contributed by atoms with Gasteiger partial charge in [-0.25, -0.2) is 13.2 Å². The summed E-state index contributed by atoms with van der Waals surface area (Å²) in [7, 11) is -4.33. The van der Waals surface area contributed by atoms with Crippen molar-refractivity contribution in [2.75, 3.05) is 42.0 Å². The van der Waals surface area contributed by atoms with Gasteiger partial charge in [-0.2, -0.15) is 13.2 Å². The average molecular weight is 576 g/mol. The van der Waals surface area contributed by atoms with E-state index >= 15 is 0 Å². The first-order chi connectivity index (χ1) is 16.5. The lowest BCUT2D eigenvalue weighted by molar-refractivity contribution is -0.137. The van der Waals surface area contributed by atoms with E-state index < -0.39 is 38.8 Å². The van der Waals surface area contributed by atoms with Gasteiger partial charge in [-0.15, -0.1) is 0 Å². The molecule has 2 heterocycles. The molecule has 0 bridgehead atoms. The minimum absolute atomic E-state index is 0.0270. The number of benzene rings is 2. The summed E-state index contributed by atoms with van der Waals surface area (Å²) in [4.78, 5) is 15.7. The van der Waals surface area contributed by atoms with Gasteiger partial charge in [-0.05, 0) is 42.8 Å². The predicted octanol–water partition coefficient (Wildman–Crippen LogP) is 5.10. The molecule has 0 radical (unpaired) electrons. The van der Waals surface area contributed by atoms with Crippen molar-refractivity contribution in [3.8, 4) is 0 Å². The fraction of sp³-hybridized carbons (Fsp3) is 0.435. The van der Waals surface area contributed by atoms with E-state index in [9.17, 15) is 26.4 Å². The molecule has 0 aromatic heterocycles. The highest BCUT2D eigenvalue weighted by Gasteiger charge is 2.41. The number of ether oxygens (including phenoxy) is 1. The van der Waals surface area contributed by atoms with Crippen LogP contribution in [-0.4, -0.2) is 58.2 Å². The quantitative estimate of drug-likeness (QED) is 0.464. The lowest BCUT2D eigenvalue weighted by atomic mass is 10.1. The Morgan fingerprint density at radius 1 is 1.11 bits per heavy atom. The number of rotatable bonds is 5. The minimum atomic E-state index is -4.67. The van der Waals surface area contributed by atoms with E-state index in [-0.39, 0.29) is 13.1 Å². The van der Waals surface area contributed by atoms with E-state index in [0.717, 1.165) is 35.3 Å². The minimum Gasteiger partial charge on any atom is -0.449 e. The highest BCUT2D eigenvalue weighted by Crippen LogP contribution is 2.42. The number of unbranched alkanes of at least 4 members (excludes halogenated alkanes) is 1. The summed E-state index contributed by atoms with van der Waals surface area (Å²) in [6.07, 6.45) is -3.49. The van der Waals surface area contributed by atoms with Gasteiger partial charge in [0.05, 0.1) is 41.0 Å². The fourth-order valence-corrected chi connectivity index (χ4v) is 6.21. The van der Waals surface area contributed by atoms with Crippen molar-refractivity contribution in [2.24, 2.45) is 0 Å². The van der Waals surface area contributed by atoms with Crippen molar-refractivity contribution in [2.45, 2.75) is 36.9 Å². The number of alkyl halides is 3. The van der Waals surface area contributed by atoms with Crippen molar-refractivity contribution >= 4 is 43.4 Å².